The van der Waals surface area contributed by atoms with E-state index in [9.17, 15) is 0 Å². The van der Waals surface area contributed by atoms with Crippen molar-refractivity contribution in [2.45, 2.75) is 12.8 Å². The number of hydrogen-bond acceptors (Lipinski definition) is 0. The zero-order valence-electron chi connectivity index (χ0n) is 7.25. The van der Waals surface area contributed by atoms with Gasteiger partial charge in [-0.05, 0) is 18.1 Å². The Bertz CT molecular complexity index is 345. The third-order valence-electron chi connectivity index (χ3n) is 2.33. The average molecular weight is 156 g/mol. The number of benzene rings is 1. The van der Waals surface area contributed by atoms with Crippen LogP contribution in [0.4, 0.5) is 0 Å². The van der Waals surface area contributed by atoms with Crippen LogP contribution in [-0.4, -0.2) is 0 Å². The highest BCUT2D eigenvalue weighted by Crippen LogP contribution is 2.33. The number of rotatable bonds is 1. The minimum Gasteiger partial charge on any atom is -0.0992 e. The lowest BCUT2D eigenvalue weighted by atomic mass is 9.95. The Morgan fingerprint density at radius 1 is 1.33 bits per heavy atom. The molecule has 0 aliphatic heterocycles. The molecule has 0 spiro atoms. The zero-order valence-corrected chi connectivity index (χ0v) is 7.25. The molecule has 0 heterocycles. The summed E-state index contributed by atoms with van der Waals surface area (Å²) in [7, 11) is 0. The Morgan fingerprint density at radius 2 is 2.08 bits per heavy atom. The van der Waals surface area contributed by atoms with Gasteiger partial charge in [-0.15, -0.1) is 0 Å². The van der Waals surface area contributed by atoms with E-state index in [2.05, 4.69) is 49.9 Å². The first-order chi connectivity index (χ1) is 5.79. The smallest absolute Gasteiger partial charge is 0.0232 e. The normalized spacial score (nSPS) is 19.2. The molecular weight excluding hydrogens is 144 g/mol. The van der Waals surface area contributed by atoms with Gasteiger partial charge in [0.05, 0.1) is 0 Å². The fraction of sp³-hybridized carbons (Fsp3) is 0.167. The van der Waals surface area contributed by atoms with Crippen molar-refractivity contribution in [3.63, 3.8) is 0 Å². The summed E-state index contributed by atoms with van der Waals surface area (Å²) < 4.78 is 0. The monoisotopic (exact) mass is 156 g/mol. The maximum Gasteiger partial charge on any atom is 0.0232 e. The maximum atomic E-state index is 3.98. The molecule has 0 saturated carbocycles. The van der Waals surface area contributed by atoms with Crippen molar-refractivity contribution in [3.05, 3.63) is 53.6 Å². The van der Waals surface area contributed by atoms with Crippen LogP contribution in [0.25, 0.3) is 6.08 Å². The molecule has 0 radical (unpaired) electrons. The van der Waals surface area contributed by atoms with Gasteiger partial charge in [0.2, 0.25) is 0 Å². The quantitative estimate of drug-likeness (QED) is 0.547. The van der Waals surface area contributed by atoms with Gasteiger partial charge >= 0.3 is 0 Å². The zero-order chi connectivity index (χ0) is 8.55. The summed E-state index contributed by atoms with van der Waals surface area (Å²) in [5, 5.41) is 0. The van der Waals surface area contributed by atoms with Gasteiger partial charge in [-0.2, -0.15) is 0 Å². The van der Waals surface area contributed by atoms with Crippen molar-refractivity contribution in [3.8, 4) is 0 Å². The second-order valence-corrected chi connectivity index (χ2v) is 3.31. The summed E-state index contributed by atoms with van der Waals surface area (Å²) >= 11 is 0. The Kier molecular flexibility index (Phi) is 1.61. The molecular formula is C12H12. The van der Waals surface area contributed by atoms with Gasteiger partial charge < -0.3 is 0 Å². The van der Waals surface area contributed by atoms with Gasteiger partial charge in [0.25, 0.3) is 0 Å². The highest BCUT2D eigenvalue weighted by Gasteiger charge is 2.16. The van der Waals surface area contributed by atoms with Gasteiger partial charge in [-0.3, -0.25) is 0 Å². The fourth-order valence-corrected chi connectivity index (χ4v) is 1.68. The molecule has 1 aliphatic carbocycles. The van der Waals surface area contributed by atoms with Gasteiger partial charge in [-0.25, -0.2) is 0 Å². The van der Waals surface area contributed by atoms with E-state index in [0.717, 1.165) is 0 Å². The first-order valence-corrected chi connectivity index (χ1v) is 4.21. The molecule has 1 aromatic carbocycles. The minimum absolute atomic E-state index is 0.446. The summed E-state index contributed by atoms with van der Waals surface area (Å²) in [6.07, 6.45) is 4.39. The van der Waals surface area contributed by atoms with Crippen LogP contribution >= 0.6 is 0 Å². The van der Waals surface area contributed by atoms with Crippen molar-refractivity contribution in [1.29, 1.82) is 0 Å². The molecule has 12 heavy (non-hydrogen) atoms. The Hall–Kier alpha value is -1.30. The average Bonchev–Trinajstić information content (AvgIpc) is 2.47. The van der Waals surface area contributed by atoms with Crippen LogP contribution in [0.5, 0.6) is 0 Å². The minimum atomic E-state index is 0.446. The van der Waals surface area contributed by atoms with Crippen molar-refractivity contribution in [1.82, 2.24) is 0 Å². The Balaban J connectivity index is 2.49. The number of hydrogen-bond donors (Lipinski definition) is 0. The molecule has 60 valence electrons. The van der Waals surface area contributed by atoms with Crippen molar-refractivity contribution < 1.29 is 0 Å². The van der Waals surface area contributed by atoms with Gasteiger partial charge in [0.1, 0.15) is 0 Å². The summed E-state index contributed by atoms with van der Waals surface area (Å²) in [5.74, 6) is 0.446. The van der Waals surface area contributed by atoms with Crippen molar-refractivity contribution >= 4 is 6.08 Å². The third-order valence-corrected chi connectivity index (χ3v) is 2.33. The van der Waals surface area contributed by atoms with Crippen molar-refractivity contribution in [2.24, 2.45) is 0 Å². The van der Waals surface area contributed by atoms with E-state index in [-0.39, 0.29) is 0 Å². The largest absolute Gasteiger partial charge is 0.0992 e. The lowest BCUT2D eigenvalue weighted by Gasteiger charge is -2.09. The molecule has 0 fully saturated rings. The molecule has 0 saturated heterocycles. The molecule has 0 aromatic heterocycles. The first kappa shape index (κ1) is 7.35. The molecule has 0 nitrogen and oxygen atoms in total. The Labute approximate surface area is 73.2 Å². The molecule has 0 amide bonds. The lowest BCUT2D eigenvalue weighted by Crippen LogP contribution is -1.92. The Morgan fingerprint density at radius 3 is 2.83 bits per heavy atom. The standard InChI is InChI=1S/C12H12/c1-9(2)11-8-7-10-5-3-4-6-12(10)11/h3-8,11H,1H2,2H3. The predicted molar refractivity (Wildman–Crippen MR) is 53.0 cm³/mol. The van der Waals surface area contributed by atoms with Crippen LogP contribution in [0.3, 0.4) is 0 Å². The molecule has 0 N–H and O–H groups in total. The number of allylic oxidation sites excluding steroid dienone is 2. The van der Waals surface area contributed by atoms with E-state index in [1.54, 1.807) is 0 Å². The highest BCUT2D eigenvalue weighted by atomic mass is 14.2. The van der Waals surface area contributed by atoms with Crippen LogP contribution < -0.4 is 0 Å². The van der Waals surface area contributed by atoms with Crippen LogP contribution in [0, 0.1) is 0 Å². The molecule has 1 unspecified atom stereocenters. The lowest BCUT2D eigenvalue weighted by molar-refractivity contribution is 1.02. The maximum absolute atomic E-state index is 3.98. The third kappa shape index (κ3) is 1.00. The molecule has 1 aliphatic rings. The van der Waals surface area contributed by atoms with E-state index in [1.165, 1.54) is 16.7 Å². The summed E-state index contributed by atoms with van der Waals surface area (Å²) in [4.78, 5) is 0. The molecule has 1 atom stereocenters. The van der Waals surface area contributed by atoms with Crippen LogP contribution in [0.15, 0.2) is 42.5 Å². The van der Waals surface area contributed by atoms with Crippen LogP contribution in [-0.2, 0) is 0 Å². The molecule has 1 aromatic rings. The van der Waals surface area contributed by atoms with E-state index in [4.69, 9.17) is 0 Å². The van der Waals surface area contributed by atoms with E-state index in [1.807, 2.05) is 0 Å². The fourth-order valence-electron chi connectivity index (χ4n) is 1.68. The second kappa shape index (κ2) is 2.63. The van der Waals surface area contributed by atoms with E-state index >= 15 is 0 Å². The van der Waals surface area contributed by atoms with Crippen LogP contribution in [0.2, 0.25) is 0 Å². The van der Waals surface area contributed by atoms with E-state index in [0.29, 0.717) is 5.92 Å². The molecule has 2 rings (SSSR count). The highest BCUT2D eigenvalue weighted by molar-refractivity contribution is 5.64. The summed E-state index contributed by atoms with van der Waals surface area (Å²) in [6.45, 7) is 6.07. The predicted octanol–water partition coefficient (Wildman–Crippen LogP) is 3.37. The topological polar surface area (TPSA) is 0 Å². The van der Waals surface area contributed by atoms with Gasteiger partial charge in [0.15, 0.2) is 0 Å². The SMILES string of the molecule is C=C(C)C1C=Cc2ccccc21. The molecule has 0 heteroatoms. The van der Waals surface area contributed by atoms with Gasteiger partial charge in [0, 0.05) is 5.92 Å². The summed E-state index contributed by atoms with van der Waals surface area (Å²) in [5.41, 5.74) is 3.95. The van der Waals surface area contributed by atoms with E-state index < -0.39 is 0 Å². The van der Waals surface area contributed by atoms with Crippen LogP contribution in [0.1, 0.15) is 24.0 Å². The van der Waals surface area contributed by atoms with Crippen molar-refractivity contribution in [2.75, 3.05) is 0 Å². The summed E-state index contributed by atoms with van der Waals surface area (Å²) in [6, 6.07) is 8.48. The van der Waals surface area contributed by atoms with Gasteiger partial charge in [-0.1, -0.05) is 48.6 Å². The first-order valence-electron chi connectivity index (χ1n) is 4.21. The number of fused-ring (bicyclic) bond motifs is 1. The second-order valence-electron chi connectivity index (χ2n) is 3.31. The molecule has 0 bridgehead atoms.